The van der Waals surface area contributed by atoms with Crippen molar-refractivity contribution in [2.75, 3.05) is 0 Å². The molecule has 3 nitrogen and oxygen atoms in total. The van der Waals surface area contributed by atoms with Crippen molar-refractivity contribution in [2.24, 2.45) is 0 Å². The minimum Gasteiger partial charge on any atom is -0.454 e. The highest BCUT2D eigenvalue weighted by molar-refractivity contribution is 6.29. The summed E-state index contributed by atoms with van der Waals surface area (Å²) >= 11 is 0. The van der Waals surface area contributed by atoms with Gasteiger partial charge in [-0.15, -0.1) is 0 Å². The lowest BCUT2D eigenvalue weighted by molar-refractivity contribution is 0.666. The number of para-hydroxylation sites is 4. The lowest BCUT2D eigenvalue weighted by atomic mass is 10.1. The minimum atomic E-state index is 0.907. The molecule has 10 aromatic rings. The number of rotatable bonds is 2. The highest BCUT2D eigenvalue weighted by Gasteiger charge is 2.22. The molecule has 0 aliphatic rings. The van der Waals surface area contributed by atoms with E-state index in [1.807, 2.05) is 6.07 Å². The normalized spacial score (nSPS) is 12.2. The molecule has 0 saturated heterocycles. The molecule has 0 radical (unpaired) electrons. The lowest BCUT2D eigenvalue weighted by Gasteiger charge is -2.10. The third-order valence-electron chi connectivity index (χ3n) is 9.09. The van der Waals surface area contributed by atoms with Crippen LogP contribution in [-0.2, 0) is 0 Å². The van der Waals surface area contributed by atoms with Gasteiger partial charge >= 0.3 is 0 Å². The van der Waals surface area contributed by atoms with Gasteiger partial charge in [0.05, 0.1) is 27.8 Å². The van der Waals surface area contributed by atoms with Crippen molar-refractivity contribution in [1.29, 1.82) is 0 Å². The van der Waals surface area contributed by atoms with Crippen LogP contribution in [0.25, 0.3) is 87.7 Å². The smallest absolute Gasteiger partial charge is 0.159 e. The Bertz CT molecular complexity index is 2740. The predicted octanol–water partition coefficient (Wildman–Crippen LogP) is 10.9. The van der Waals surface area contributed by atoms with Gasteiger partial charge in [0.2, 0.25) is 0 Å². The molecule has 200 valence electrons. The highest BCUT2D eigenvalue weighted by Crippen LogP contribution is 2.44. The van der Waals surface area contributed by atoms with Crippen LogP contribution in [-0.4, -0.2) is 9.13 Å². The number of aromatic nitrogens is 2. The average molecular weight is 549 g/mol. The van der Waals surface area contributed by atoms with E-state index in [-0.39, 0.29) is 0 Å². The molecule has 7 aromatic carbocycles. The summed E-state index contributed by atoms with van der Waals surface area (Å²) in [7, 11) is 0. The SMILES string of the molecule is c1ccc2cc(-n3c4ccccc4c4c5c6ccccc6n(-c6cccc7c6oc6ccccc67)c5ccc43)ccc2c1. The Balaban J connectivity index is 1.36. The van der Waals surface area contributed by atoms with E-state index in [9.17, 15) is 0 Å². The van der Waals surface area contributed by atoms with E-state index in [4.69, 9.17) is 4.42 Å². The van der Waals surface area contributed by atoms with Crippen molar-refractivity contribution in [3.05, 3.63) is 146 Å². The Hall–Kier alpha value is -5.80. The summed E-state index contributed by atoms with van der Waals surface area (Å²) in [6.45, 7) is 0. The molecule has 0 unspecified atom stereocenters. The van der Waals surface area contributed by atoms with Crippen LogP contribution in [0.5, 0.6) is 0 Å². The van der Waals surface area contributed by atoms with Gasteiger partial charge in [-0.1, -0.05) is 97.1 Å². The topological polar surface area (TPSA) is 23.0 Å². The molecular weight excluding hydrogens is 524 g/mol. The second-order valence-electron chi connectivity index (χ2n) is 11.3. The van der Waals surface area contributed by atoms with E-state index >= 15 is 0 Å². The molecule has 0 spiro atoms. The van der Waals surface area contributed by atoms with E-state index in [1.54, 1.807) is 0 Å². The molecule has 3 heteroatoms. The van der Waals surface area contributed by atoms with E-state index < -0.39 is 0 Å². The Morgan fingerprint density at radius 2 is 1.00 bits per heavy atom. The van der Waals surface area contributed by atoms with Gasteiger partial charge in [0.25, 0.3) is 0 Å². The number of fused-ring (bicyclic) bond motifs is 11. The van der Waals surface area contributed by atoms with Gasteiger partial charge < -0.3 is 13.6 Å². The van der Waals surface area contributed by atoms with Gasteiger partial charge in [0, 0.05) is 38.0 Å². The number of benzene rings is 7. The molecule has 0 aliphatic carbocycles. The summed E-state index contributed by atoms with van der Waals surface area (Å²) < 4.78 is 11.3. The average Bonchev–Trinajstić information content (AvgIpc) is 3.72. The molecule has 43 heavy (non-hydrogen) atoms. The van der Waals surface area contributed by atoms with Crippen LogP contribution in [0.15, 0.2) is 150 Å². The van der Waals surface area contributed by atoms with Crippen molar-refractivity contribution in [1.82, 2.24) is 9.13 Å². The fourth-order valence-electron chi connectivity index (χ4n) is 7.28. The lowest BCUT2D eigenvalue weighted by Crippen LogP contribution is -1.95. The molecule has 3 aromatic heterocycles. The Morgan fingerprint density at radius 3 is 1.79 bits per heavy atom. The van der Waals surface area contributed by atoms with Gasteiger partial charge in [-0.25, -0.2) is 0 Å². The zero-order chi connectivity index (χ0) is 28.1. The summed E-state index contributed by atoms with van der Waals surface area (Å²) in [4.78, 5) is 0. The van der Waals surface area contributed by atoms with Crippen LogP contribution in [0.1, 0.15) is 0 Å². The number of hydrogen-bond acceptors (Lipinski definition) is 1. The van der Waals surface area contributed by atoms with E-state index in [2.05, 4.69) is 149 Å². The molecule has 0 fully saturated rings. The largest absolute Gasteiger partial charge is 0.454 e. The third kappa shape index (κ3) is 3.03. The van der Waals surface area contributed by atoms with Gasteiger partial charge in [0.1, 0.15) is 5.58 Å². The third-order valence-corrected chi connectivity index (χ3v) is 9.09. The molecule has 3 heterocycles. The molecule has 0 N–H and O–H groups in total. The second-order valence-corrected chi connectivity index (χ2v) is 11.3. The number of nitrogens with zero attached hydrogens (tertiary/aromatic N) is 2. The molecule has 0 atom stereocenters. The first-order valence-electron chi connectivity index (χ1n) is 14.7. The Kier molecular flexibility index (Phi) is 4.45. The molecule has 10 rings (SSSR count). The maximum absolute atomic E-state index is 6.54. The maximum atomic E-state index is 6.54. The van der Waals surface area contributed by atoms with Crippen LogP contribution < -0.4 is 0 Å². The zero-order valence-electron chi connectivity index (χ0n) is 23.2. The first-order valence-corrected chi connectivity index (χ1v) is 14.7. The molecule has 0 bridgehead atoms. The van der Waals surface area contributed by atoms with Gasteiger partial charge in [0.15, 0.2) is 5.58 Å². The summed E-state index contributed by atoms with van der Waals surface area (Å²) in [6, 6.07) is 52.3. The number of furan rings is 1. The highest BCUT2D eigenvalue weighted by atomic mass is 16.3. The van der Waals surface area contributed by atoms with Crippen LogP contribution in [0.4, 0.5) is 0 Å². The molecule has 0 saturated carbocycles. The van der Waals surface area contributed by atoms with E-state index in [0.29, 0.717) is 0 Å². The first-order chi connectivity index (χ1) is 21.3. The van der Waals surface area contributed by atoms with Gasteiger partial charge in [-0.2, -0.15) is 0 Å². The van der Waals surface area contributed by atoms with Crippen molar-refractivity contribution >= 4 is 76.3 Å². The van der Waals surface area contributed by atoms with Crippen LogP contribution >= 0.6 is 0 Å². The Morgan fingerprint density at radius 1 is 0.395 bits per heavy atom. The molecular formula is C40H24N2O. The van der Waals surface area contributed by atoms with E-state index in [0.717, 1.165) is 27.6 Å². The quantitative estimate of drug-likeness (QED) is 0.211. The second kappa shape index (κ2) is 8.37. The number of hydrogen-bond donors (Lipinski definition) is 0. The molecule has 0 aliphatic heterocycles. The fourth-order valence-corrected chi connectivity index (χ4v) is 7.28. The van der Waals surface area contributed by atoms with Crippen molar-refractivity contribution in [2.45, 2.75) is 0 Å². The van der Waals surface area contributed by atoms with Crippen LogP contribution in [0, 0.1) is 0 Å². The fraction of sp³-hybridized carbons (Fsp3) is 0. The first kappa shape index (κ1) is 22.8. The van der Waals surface area contributed by atoms with Crippen molar-refractivity contribution in [3.8, 4) is 11.4 Å². The van der Waals surface area contributed by atoms with Crippen molar-refractivity contribution < 1.29 is 4.42 Å². The van der Waals surface area contributed by atoms with Crippen LogP contribution in [0.2, 0.25) is 0 Å². The summed E-state index contributed by atoms with van der Waals surface area (Å²) in [6.07, 6.45) is 0. The van der Waals surface area contributed by atoms with Crippen LogP contribution in [0.3, 0.4) is 0 Å². The summed E-state index contributed by atoms with van der Waals surface area (Å²) in [5, 5.41) is 9.78. The maximum Gasteiger partial charge on any atom is 0.159 e. The van der Waals surface area contributed by atoms with Gasteiger partial charge in [-0.05, 0) is 59.3 Å². The predicted molar refractivity (Wildman–Crippen MR) is 180 cm³/mol. The van der Waals surface area contributed by atoms with Crippen molar-refractivity contribution in [3.63, 3.8) is 0 Å². The molecule has 0 amide bonds. The zero-order valence-corrected chi connectivity index (χ0v) is 23.2. The minimum absolute atomic E-state index is 0.907. The van der Waals surface area contributed by atoms with E-state index in [1.165, 1.54) is 60.1 Å². The summed E-state index contributed by atoms with van der Waals surface area (Å²) in [5.74, 6) is 0. The monoisotopic (exact) mass is 548 g/mol. The summed E-state index contributed by atoms with van der Waals surface area (Å²) in [5.41, 5.74) is 8.78. The Labute approximate surface area is 246 Å². The standard InChI is InChI=1S/C40H24N2O/c1-2-11-26-24-27(21-20-25(26)10-1)41-32-16-6-3-13-30(32)38-34(41)22-23-35-39(38)31-14-4-7-17-33(31)42(35)36-18-9-15-29-28-12-5-8-19-37(28)43-40(29)36/h1-24H. The van der Waals surface area contributed by atoms with Gasteiger partial charge in [-0.3, -0.25) is 0 Å².